The van der Waals surface area contributed by atoms with Crippen LogP contribution in [-0.2, 0) is 13.1 Å². The van der Waals surface area contributed by atoms with Crippen LogP contribution in [0.1, 0.15) is 21.5 Å². The van der Waals surface area contributed by atoms with Gasteiger partial charge in [-0.05, 0) is 41.0 Å². The Balaban J connectivity index is 1.64. The van der Waals surface area contributed by atoms with Gasteiger partial charge in [-0.3, -0.25) is 9.89 Å². The first-order valence-corrected chi connectivity index (χ1v) is 8.23. The van der Waals surface area contributed by atoms with Crippen molar-refractivity contribution in [2.75, 3.05) is 0 Å². The van der Waals surface area contributed by atoms with Gasteiger partial charge in [-0.15, -0.1) is 0 Å². The summed E-state index contributed by atoms with van der Waals surface area (Å²) in [5, 5.41) is 7.91. The highest BCUT2D eigenvalue weighted by Gasteiger charge is 2.30. The van der Waals surface area contributed by atoms with E-state index >= 15 is 0 Å². The number of halogens is 2. The number of aromatic amines is 1. The highest BCUT2D eigenvalue weighted by atomic mass is 35.5. The van der Waals surface area contributed by atoms with Crippen molar-refractivity contribution in [1.82, 2.24) is 15.1 Å². The van der Waals surface area contributed by atoms with E-state index in [1.807, 2.05) is 36.4 Å². The Hall–Kier alpha value is -2.30. The first-order chi connectivity index (χ1) is 11.6. The first-order valence-electron chi connectivity index (χ1n) is 7.47. The summed E-state index contributed by atoms with van der Waals surface area (Å²) in [7, 11) is 0. The largest absolute Gasteiger partial charge is 0.330 e. The molecular weight excluding hydrogens is 345 g/mol. The van der Waals surface area contributed by atoms with Gasteiger partial charge in [0.1, 0.15) is 0 Å². The molecule has 6 heteroatoms. The minimum Gasteiger partial charge on any atom is -0.330 e. The molecule has 0 saturated heterocycles. The molecule has 0 unspecified atom stereocenters. The summed E-state index contributed by atoms with van der Waals surface area (Å²) in [5.74, 6) is -0.0382. The fourth-order valence-electron chi connectivity index (χ4n) is 2.98. The van der Waals surface area contributed by atoms with Crippen LogP contribution in [0, 0.1) is 0 Å². The predicted octanol–water partition coefficient (Wildman–Crippen LogP) is 4.54. The molecule has 1 N–H and O–H groups in total. The van der Waals surface area contributed by atoms with E-state index in [4.69, 9.17) is 23.2 Å². The molecule has 1 aromatic heterocycles. The highest BCUT2D eigenvalue weighted by molar-refractivity contribution is 6.34. The van der Waals surface area contributed by atoms with E-state index in [9.17, 15) is 4.79 Å². The first kappa shape index (κ1) is 15.2. The minimum atomic E-state index is -0.0382. The number of aromatic nitrogens is 2. The van der Waals surface area contributed by atoms with E-state index in [0.29, 0.717) is 28.7 Å². The summed E-state index contributed by atoms with van der Waals surface area (Å²) in [6, 6.07) is 11.3. The molecule has 24 heavy (non-hydrogen) atoms. The van der Waals surface area contributed by atoms with Gasteiger partial charge in [-0.1, -0.05) is 35.3 Å². The molecule has 0 spiro atoms. The summed E-state index contributed by atoms with van der Waals surface area (Å²) in [4.78, 5) is 14.5. The Morgan fingerprint density at radius 1 is 1.12 bits per heavy atom. The Morgan fingerprint density at radius 3 is 2.62 bits per heavy atom. The normalized spacial score (nSPS) is 13.4. The third-order valence-electron chi connectivity index (χ3n) is 4.15. The Labute approximate surface area is 149 Å². The lowest BCUT2D eigenvalue weighted by Gasteiger charge is -2.15. The maximum Gasteiger partial charge on any atom is 0.256 e. The van der Waals surface area contributed by atoms with Gasteiger partial charge in [0.15, 0.2) is 0 Å². The maximum atomic E-state index is 12.7. The number of hydrogen-bond donors (Lipinski definition) is 1. The maximum absolute atomic E-state index is 12.7. The number of rotatable bonds is 3. The number of amides is 1. The molecule has 1 aliphatic heterocycles. The van der Waals surface area contributed by atoms with Crippen molar-refractivity contribution in [2.45, 2.75) is 13.1 Å². The van der Waals surface area contributed by atoms with E-state index < -0.39 is 0 Å². The zero-order valence-corrected chi connectivity index (χ0v) is 14.1. The minimum absolute atomic E-state index is 0.0382. The van der Waals surface area contributed by atoms with Gasteiger partial charge in [0.25, 0.3) is 5.91 Å². The van der Waals surface area contributed by atoms with Gasteiger partial charge < -0.3 is 4.90 Å². The second-order valence-corrected chi connectivity index (χ2v) is 6.61. The van der Waals surface area contributed by atoms with E-state index in [0.717, 1.165) is 22.3 Å². The smallest absolute Gasteiger partial charge is 0.256 e. The summed E-state index contributed by atoms with van der Waals surface area (Å²) in [6.45, 7) is 1.07. The van der Waals surface area contributed by atoms with Gasteiger partial charge >= 0.3 is 0 Å². The Kier molecular flexibility index (Phi) is 3.79. The van der Waals surface area contributed by atoms with Crippen LogP contribution in [-0.4, -0.2) is 21.0 Å². The molecule has 0 bridgehead atoms. The summed E-state index contributed by atoms with van der Waals surface area (Å²) in [5.41, 5.74) is 4.47. The Morgan fingerprint density at radius 2 is 1.92 bits per heavy atom. The average molecular weight is 358 g/mol. The van der Waals surface area contributed by atoms with Crippen LogP contribution in [0.3, 0.4) is 0 Å². The van der Waals surface area contributed by atoms with Crippen molar-refractivity contribution in [3.63, 3.8) is 0 Å². The molecule has 0 fully saturated rings. The number of nitrogens with one attached hydrogen (secondary N) is 1. The second-order valence-electron chi connectivity index (χ2n) is 5.77. The molecule has 4 rings (SSSR count). The van der Waals surface area contributed by atoms with Crippen molar-refractivity contribution in [2.24, 2.45) is 0 Å². The highest BCUT2D eigenvalue weighted by Crippen LogP contribution is 2.34. The zero-order chi connectivity index (χ0) is 16.7. The van der Waals surface area contributed by atoms with Gasteiger partial charge in [0, 0.05) is 29.9 Å². The molecule has 120 valence electrons. The Bertz CT molecular complexity index is 905. The molecule has 0 atom stereocenters. The van der Waals surface area contributed by atoms with Gasteiger partial charge in [0.2, 0.25) is 0 Å². The number of carbonyl (C=O) groups excluding carboxylic acids is 1. The van der Waals surface area contributed by atoms with Gasteiger partial charge in [-0.2, -0.15) is 5.10 Å². The lowest BCUT2D eigenvalue weighted by molar-refractivity contribution is 0.0767. The van der Waals surface area contributed by atoms with Crippen LogP contribution in [0.2, 0.25) is 10.0 Å². The molecular formula is C18H13Cl2N3O. The molecule has 1 aliphatic rings. The second kappa shape index (κ2) is 5.96. The fraction of sp³-hybridized carbons (Fsp3) is 0.111. The SMILES string of the molecule is O=C1c2c(Cl)cc(-c3cn[nH]c3)cc2CN1Cc1ccc(Cl)cc1. The van der Waals surface area contributed by atoms with Crippen LogP contribution in [0.5, 0.6) is 0 Å². The zero-order valence-electron chi connectivity index (χ0n) is 12.6. The van der Waals surface area contributed by atoms with Crippen LogP contribution < -0.4 is 0 Å². The molecule has 0 saturated carbocycles. The topological polar surface area (TPSA) is 49.0 Å². The number of fused-ring (bicyclic) bond motifs is 1. The van der Waals surface area contributed by atoms with Crippen molar-refractivity contribution < 1.29 is 4.79 Å². The third-order valence-corrected chi connectivity index (χ3v) is 4.70. The number of nitrogens with zero attached hydrogens (tertiary/aromatic N) is 2. The molecule has 0 radical (unpaired) electrons. The van der Waals surface area contributed by atoms with Crippen LogP contribution in [0.25, 0.3) is 11.1 Å². The van der Waals surface area contributed by atoms with E-state index in [2.05, 4.69) is 10.2 Å². The quantitative estimate of drug-likeness (QED) is 0.747. The molecule has 1 amide bonds. The van der Waals surface area contributed by atoms with Gasteiger partial charge in [-0.25, -0.2) is 0 Å². The number of H-pyrrole nitrogens is 1. The number of carbonyl (C=O) groups is 1. The molecule has 0 aliphatic carbocycles. The fourth-order valence-corrected chi connectivity index (χ4v) is 3.42. The van der Waals surface area contributed by atoms with Crippen LogP contribution in [0.15, 0.2) is 48.8 Å². The van der Waals surface area contributed by atoms with Crippen molar-refractivity contribution in [3.8, 4) is 11.1 Å². The van der Waals surface area contributed by atoms with Crippen molar-refractivity contribution in [3.05, 3.63) is 75.5 Å². The number of hydrogen-bond acceptors (Lipinski definition) is 2. The summed E-state index contributed by atoms with van der Waals surface area (Å²) >= 11 is 12.3. The van der Waals surface area contributed by atoms with E-state index in [1.54, 1.807) is 17.3 Å². The molecule has 2 heterocycles. The standard InChI is InChI=1S/C18H13Cl2N3O/c19-15-3-1-11(2-4-15)9-23-10-13-5-12(14-7-21-22-8-14)6-16(20)17(13)18(23)24/h1-8H,9-10H2,(H,21,22). The average Bonchev–Trinajstić information content (AvgIpc) is 3.19. The van der Waals surface area contributed by atoms with Crippen molar-refractivity contribution >= 4 is 29.1 Å². The lowest BCUT2D eigenvalue weighted by atomic mass is 10.0. The lowest BCUT2D eigenvalue weighted by Crippen LogP contribution is -2.23. The number of benzene rings is 2. The van der Waals surface area contributed by atoms with Crippen LogP contribution in [0.4, 0.5) is 0 Å². The summed E-state index contributed by atoms with van der Waals surface area (Å²) in [6.07, 6.45) is 3.54. The van der Waals surface area contributed by atoms with E-state index in [1.165, 1.54) is 0 Å². The van der Waals surface area contributed by atoms with E-state index in [-0.39, 0.29) is 5.91 Å². The summed E-state index contributed by atoms with van der Waals surface area (Å²) < 4.78 is 0. The van der Waals surface area contributed by atoms with Gasteiger partial charge in [0.05, 0.1) is 16.8 Å². The van der Waals surface area contributed by atoms with Crippen LogP contribution >= 0.6 is 23.2 Å². The monoisotopic (exact) mass is 357 g/mol. The molecule has 2 aromatic carbocycles. The predicted molar refractivity (Wildman–Crippen MR) is 94.1 cm³/mol. The molecule has 4 nitrogen and oxygen atoms in total. The molecule has 3 aromatic rings. The third kappa shape index (κ3) is 2.68. The van der Waals surface area contributed by atoms with Crippen molar-refractivity contribution in [1.29, 1.82) is 0 Å².